The molecular weight excluding hydrogens is 328 g/mol. The molecule has 1 saturated heterocycles. The normalized spacial score (nSPS) is 14.9. The molecule has 1 aliphatic rings. The van der Waals surface area contributed by atoms with E-state index in [9.17, 15) is 0 Å². The van der Waals surface area contributed by atoms with Gasteiger partial charge in [-0.1, -0.05) is 6.07 Å². The van der Waals surface area contributed by atoms with Gasteiger partial charge in [0.2, 0.25) is 0 Å². The molecule has 0 atom stereocenters. The van der Waals surface area contributed by atoms with Gasteiger partial charge in [0.05, 0.1) is 17.3 Å². The minimum atomic E-state index is 0.678. The first-order valence-electron chi connectivity index (χ1n) is 6.88. The molecule has 0 spiro atoms. The highest BCUT2D eigenvalue weighted by Gasteiger charge is 2.19. The van der Waals surface area contributed by atoms with Gasteiger partial charge in [0.25, 0.3) is 0 Å². The average Bonchev–Trinajstić information content (AvgIpc) is 2.56. The molecule has 1 aromatic heterocycles. The van der Waals surface area contributed by atoms with Crippen LogP contribution < -0.4 is 9.80 Å². The maximum Gasteiger partial charge on any atom is 0.128 e. The summed E-state index contributed by atoms with van der Waals surface area (Å²) in [4.78, 5) is 9.04. The van der Waals surface area contributed by atoms with E-state index < -0.39 is 0 Å². The fraction of sp³-hybridized carbons (Fsp3) is 0.250. The smallest absolute Gasteiger partial charge is 0.128 e. The molecule has 3 rings (SSSR count). The third kappa shape index (κ3) is 3.01. The van der Waals surface area contributed by atoms with Gasteiger partial charge in [0.15, 0.2) is 0 Å². The van der Waals surface area contributed by atoms with E-state index in [1.54, 1.807) is 0 Å². The van der Waals surface area contributed by atoms with E-state index in [4.69, 9.17) is 5.26 Å². The molecule has 106 valence electrons. The summed E-state index contributed by atoms with van der Waals surface area (Å²) in [6.45, 7) is 3.79. The number of anilines is 2. The number of halogens is 1. The lowest BCUT2D eigenvalue weighted by Gasteiger charge is -2.37. The van der Waals surface area contributed by atoms with Crippen LogP contribution in [0.15, 0.2) is 47.1 Å². The Morgan fingerprint density at radius 2 is 1.81 bits per heavy atom. The van der Waals surface area contributed by atoms with E-state index in [1.807, 2.05) is 42.6 Å². The first kappa shape index (κ1) is 13.9. The number of rotatable bonds is 2. The van der Waals surface area contributed by atoms with Gasteiger partial charge in [0.1, 0.15) is 5.82 Å². The van der Waals surface area contributed by atoms with Crippen molar-refractivity contribution in [3.8, 4) is 6.07 Å². The standard InChI is InChI=1S/C16H15BrN4/c17-14-11-13(12-18)4-5-15(14)20-7-9-21(10-8-20)16-3-1-2-6-19-16/h1-6,11H,7-10H2. The van der Waals surface area contributed by atoms with E-state index in [0.717, 1.165) is 42.2 Å². The van der Waals surface area contributed by atoms with Crippen LogP contribution in [0.2, 0.25) is 0 Å². The number of hydrogen-bond donors (Lipinski definition) is 0. The monoisotopic (exact) mass is 342 g/mol. The van der Waals surface area contributed by atoms with Gasteiger partial charge in [-0.3, -0.25) is 0 Å². The van der Waals surface area contributed by atoms with Gasteiger partial charge in [-0.05, 0) is 46.3 Å². The molecule has 2 heterocycles. The molecule has 1 fully saturated rings. The SMILES string of the molecule is N#Cc1ccc(N2CCN(c3ccccn3)CC2)c(Br)c1. The van der Waals surface area contributed by atoms with E-state index in [2.05, 4.69) is 36.8 Å². The van der Waals surface area contributed by atoms with Crippen molar-refractivity contribution in [2.75, 3.05) is 36.0 Å². The van der Waals surface area contributed by atoms with Gasteiger partial charge in [-0.15, -0.1) is 0 Å². The van der Waals surface area contributed by atoms with Gasteiger partial charge in [-0.2, -0.15) is 5.26 Å². The number of hydrogen-bond acceptors (Lipinski definition) is 4. The Morgan fingerprint density at radius 1 is 1.05 bits per heavy atom. The molecule has 0 aliphatic carbocycles. The Balaban J connectivity index is 1.70. The zero-order valence-electron chi connectivity index (χ0n) is 11.5. The molecule has 2 aromatic rings. The highest BCUT2D eigenvalue weighted by Crippen LogP contribution is 2.28. The second-order valence-electron chi connectivity index (χ2n) is 4.94. The van der Waals surface area contributed by atoms with Crippen molar-refractivity contribution in [2.24, 2.45) is 0 Å². The second kappa shape index (κ2) is 6.15. The molecule has 21 heavy (non-hydrogen) atoms. The molecule has 1 aliphatic heterocycles. The van der Waals surface area contributed by atoms with Crippen LogP contribution in [0.3, 0.4) is 0 Å². The topological polar surface area (TPSA) is 43.2 Å². The largest absolute Gasteiger partial charge is 0.367 e. The molecule has 0 bridgehead atoms. The molecule has 0 radical (unpaired) electrons. The predicted octanol–water partition coefficient (Wildman–Crippen LogP) is 3.04. The zero-order valence-corrected chi connectivity index (χ0v) is 13.1. The van der Waals surface area contributed by atoms with Crippen LogP contribution in [0.5, 0.6) is 0 Å². The lowest BCUT2D eigenvalue weighted by atomic mass is 10.2. The number of aromatic nitrogens is 1. The Morgan fingerprint density at radius 3 is 2.43 bits per heavy atom. The van der Waals surface area contributed by atoms with Gasteiger partial charge < -0.3 is 9.80 Å². The van der Waals surface area contributed by atoms with Gasteiger partial charge >= 0.3 is 0 Å². The summed E-state index contributed by atoms with van der Waals surface area (Å²) < 4.78 is 0.979. The minimum absolute atomic E-state index is 0.678. The van der Waals surface area contributed by atoms with Crippen molar-refractivity contribution in [1.82, 2.24) is 4.98 Å². The molecule has 5 heteroatoms. The second-order valence-corrected chi connectivity index (χ2v) is 5.79. The first-order chi connectivity index (χ1) is 10.3. The molecule has 0 amide bonds. The summed E-state index contributed by atoms with van der Waals surface area (Å²) in [6, 6.07) is 13.9. The van der Waals surface area contributed by atoms with Crippen LogP contribution in [-0.2, 0) is 0 Å². The Hall–Kier alpha value is -2.06. The molecule has 0 N–H and O–H groups in total. The summed E-state index contributed by atoms with van der Waals surface area (Å²) in [5.74, 6) is 1.04. The molecular formula is C16H15BrN4. The minimum Gasteiger partial charge on any atom is -0.367 e. The number of pyridine rings is 1. The van der Waals surface area contributed by atoms with Crippen molar-refractivity contribution < 1.29 is 0 Å². The van der Waals surface area contributed by atoms with E-state index >= 15 is 0 Å². The molecule has 4 nitrogen and oxygen atoms in total. The Kier molecular flexibility index (Phi) is 4.07. The number of nitrogens with zero attached hydrogens (tertiary/aromatic N) is 4. The van der Waals surface area contributed by atoms with Crippen LogP contribution in [0.4, 0.5) is 11.5 Å². The van der Waals surface area contributed by atoms with Crippen LogP contribution in [0, 0.1) is 11.3 Å². The highest BCUT2D eigenvalue weighted by atomic mass is 79.9. The van der Waals surface area contributed by atoms with Gasteiger partial charge in [-0.25, -0.2) is 4.98 Å². The van der Waals surface area contributed by atoms with Crippen molar-refractivity contribution >= 4 is 27.4 Å². The average molecular weight is 343 g/mol. The Labute approximate surface area is 132 Å². The van der Waals surface area contributed by atoms with E-state index in [-0.39, 0.29) is 0 Å². The molecule has 0 unspecified atom stereocenters. The third-order valence-corrected chi connectivity index (χ3v) is 4.31. The van der Waals surface area contributed by atoms with E-state index in [1.165, 1.54) is 0 Å². The summed E-state index contributed by atoms with van der Waals surface area (Å²) in [7, 11) is 0. The summed E-state index contributed by atoms with van der Waals surface area (Å²) in [5, 5.41) is 8.93. The zero-order chi connectivity index (χ0) is 14.7. The maximum absolute atomic E-state index is 8.93. The summed E-state index contributed by atoms with van der Waals surface area (Å²) in [6.07, 6.45) is 1.83. The lowest BCUT2D eigenvalue weighted by Crippen LogP contribution is -2.46. The number of piperazine rings is 1. The number of nitriles is 1. The van der Waals surface area contributed by atoms with Crippen molar-refractivity contribution in [3.05, 3.63) is 52.6 Å². The van der Waals surface area contributed by atoms with Crippen molar-refractivity contribution in [2.45, 2.75) is 0 Å². The lowest BCUT2D eigenvalue weighted by molar-refractivity contribution is 0.647. The van der Waals surface area contributed by atoms with Crippen LogP contribution in [-0.4, -0.2) is 31.2 Å². The Bertz CT molecular complexity index is 658. The third-order valence-electron chi connectivity index (χ3n) is 3.67. The summed E-state index contributed by atoms with van der Waals surface area (Å²) in [5.41, 5.74) is 1.83. The fourth-order valence-corrected chi connectivity index (χ4v) is 3.18. The van der Waals surface area contributed by atoms with Crippen LogP contribution >= 0.6 is 15.9 Å². The summed E-state index contributed by atoms with van der Waals surface area (Å²) >= 11 is 3.56. The van der Waals surface area contributed by atoms with Crippen molar-refractivity contribution in [1.29, 1.82) is 5.26 Å². The first-order valence-corrected chi connectivity index (χ1v) is 7.68. The molecule has 1 aromatic carbocycles. The van der Waals surface area contributed by atoms with Crippen molar-refractivity contribution in [3.63, 3.8) is 0 Å². The predicted molar refractivity (Wildman–Crippen MR) is 87.5 cm³/mol. The van der Waals surface area contributed by atoms with Crippen LogP contribution in [0.25, 0.3) is 0 Å². The van der Waals surface area contributed by atoms with E-state index in [0.29, 0.717) is 5.56 Å². The van der Waals surface area contributed by atoms with Crippen LogP contribution in [0.1, 0.15) is 5.56 Å². The number of benzene rings is 1. The van der Waals surface area contributed by atoms with Gasteiger partial charge in [0, 0.05) is 36.8 Å². The maximum atomic E-state index is 8.93. The quantitative estimate of drug-likeness (QED) is 0.841. The molecule has 0 saturated carbocycles. The highest BCUT2D eigenvalue weighted by molar-refractivity contribution is 9.10. The fourth-order valence-electron chi connectivity index (χ4n) is 2.55.